The number of hydrogen-bond donors (Lipinski definition) is 1. The van der Waals surface area contributed by atoms with E-state index in [2.05, 4.69) is 0 Å². The van der Waals surface area contributed by atoms with Gasteiger partial charge in [0.25, 0.3) is 0 Å². The van der Waals surface area contributed by atoms with Crippen LogP contribution in [-0.2, 0) is 9.47 Å². The highest BCUT2D eigenvalue weighted by Gasteiger charge is 2.16. The Morgan fingerprint density at radius 1 is 1.45 bits per heavy atom. The van der Waals surface area contributed by atoms with E-state index in [4.69, 9.17) is 19.9 Å². The molecule has 1 fully saturated rings. The summed E-state index contributed by atoms with van der Waals surface area (Å²) in [5, 5.41) is 0. The van der Waals surface area contributed by atoms with Gasteiger partial charge in [-0.3, -0.25) is 0 Å². The van der Waals surface area contributed by atoms with E-state index in [-0.39, 0.29) is 12.1 Å². The van der Waals surface area contributed by atoms with Crippen molar-refractivity contribution in [1.29, 1.82) is 0 Å². The predicted octanol–water partition coefficient (Wildman–Crippen LogP) is 2.39. The van der Waals surface area contributed by atoms with E-state index in [1.807, 2.05) is 6.92 Å². The zero-order valence-electron chi connectivity index (χ0n) is 11.8. The van der Waals surface area contributed by atoms with E-state index in [0.717, 1.165) is 25.9 Å². The number of rotatable bonds is 6. The highest BCUT2D eigenvalue weighted by molar-refractivity contribution is 5.91. The molecule has 0 saturated carbocycles. The second-order valence-electron chi connectivity index (χ2n) is 4.78. The molecule has 0 aromatic heterocycles. The number of carbonyl (C=O) groups excluding carboxylic acids is 1. The zero-order chi connectivity index (χ0) is 14.4. The maximum Gasteiger partial charge on any atom is 0.338 e. The van der Waals surface area contributed by atoms with Gasteiger partial charge in [-0.1, -0.05) is 0 Å². The van der Waals surface area contributed by atoms with Crippen molar-refractivity contribution in [1.82, 2.24) is 0 Å². The number of hydrogen-bond acceptors (Lipinski definition) is 5. The molecule has 0 amide bonds. The first kappa shape index (κ1) is 14.7. The van der Waals surface area contributed by atoms with Crippen molar-refractivity contribution >= 4 is 11.7 Å². The Kier molecular flexibility index (Phi) is 5.24. The van der Waals surface area contributed by atoms with Gasteiger partial charge in [0.1, 0.15) is 5.75 Å². The monoisotopic (exact) mass is 279 g/mol. The molecule has 1 aromatic rings. The van der Waals surface area contributed by atoms with Gasteiger partial charge in [-0.15, -0.1) is 0 Å². The predicted molar refractivity (Wildman–Crippen MR) is 75.9 cm³/mol. The van der Waals surface area contributed by atoms with E-state index in [1.54, 1.807) is 18.2 Å². The fourth-order valence-electron chi connectivity index (χ4n) is 2.23. The first-order valence-electron chi connectivity index (χ1n) is 7.01. The van der Waals surface area contributed by atoms with Crippen LogP contribution in [0.25, 0.3) is 0 Å². The molecule has 1 heterocycles. The van der Waals surface area contributed by atoms with Gasteiger partial charge in [0, 0.05) is 24.8 Å². The van der Waals surface area contributed by atoms with Crippen LogP contribution in [0.3, 0.4) is 0 Å². The lowest BCUT2D eigenvalue weighted by molar-refractivity contribution is 0.0385. The SMILES string of the molecule is CCOc1cc(N)cc(C(=O)OCCC2CCCO2)c1. The topological polar surface area (TPSA) is 70.8 Å². The summed E-state index contributed by atoms with van der Waals surface area (Å²) in [7, 11) is 0. The summed E-state index contributed by atoms with van der Waals surface area (Å²) in [5.74, 6) is 0.204. The maximum atomic E-state index is 12.0. The van der Waals surface area contributed by atoms with Crippen LogP contribution in [-0.4, -0.2) is 31.9 Å². The minimum atomic E-state index is -0.378. The van der Waals surface area contributed by atoms with Gasteiger partial charge >= 0.3 is 5.97 Å². The van der Waals surface area contributed by atoms with Crippen LogP contribution >= 0.6 is 0 Å². The van der Waals surface area contributed by atoms with Crippen LogP contribution in [0, 0.1) is 0 Å². The van der Waals surface area contributed by atoms with Crippen LogP contribution in [0.15, 0.2) is 18.2 Å². The van der Waals surface area contributed by atoms with E-state index in [1.165, 1.54) is 0 Å². The van der Waals surface area contributed by atoms with Gasteiger partial charge in [-0.25, -0.2) is 4.79 Å². The van der Waals surface area contributed by atoms with Gasteiger partial charge in [0.15, 0.2) is 0 Å². The fourth-order valence-corrected chi connectivity index (χ4v) is 2.23. The van der Waals surface area contributed by atoms with E-state index >= 15 is 0 Å². The number of carbonyl (C=O) groups is 1. The Morgan fingerprint density at radius 2 is 2.30 bits per heavy atom. The summed E-state index contributed by atoms with van der Waals surface area (Å²) in [6.45, 7) is 3.58. The average molecular weight is 279 g/mol. The normalized spacial score (nSPS) is 17.9. The molecule has 1 aliphatic rings. The van der Waals surface area contributed by atoms with Crippen LogP contribution in [0.4, 0.5) is 5.69 Å². The minimum absolute atomic E-state index is 0.225. The lowest BCUT2D eigenvalue weighted by Crippen LogP contribution is -2.13. The molecule has 2 N–H and O–H groups in total. The Bertz CT molecular complexity index is 455. The Morgan fingerprint density at radius 3 is 3.00 bits per heavy atom. The third kappa shape index (κ3) is 4.13. The van der Waals surface area contributed by atoms with Crippen LogP contribution in [0.5, 0.6) is 5.75 Å². The second-order valence-corrected chi connectivity index (χ2v) is 4.78. The van der Waals surface area contributed by atoms with E-state index in [0.29, 0.717) is 30.2 Å². The first-order valence-corrected chi connectivity index (χ1v) is 7.01. The summed E-state index contributed by atoms with van der Waals surface area (Å²) < 4.78 is 16.1. The maximum absolute atomic E-state index is 12.0. The third-order valence-corrected chi connectivity index (χ3v) is 3.17. The number of nitrogen functional groups attached to an aromatic ring is 1. The molecule has 0 spiro atoms. The highest BCUT2D eigenvalue weighted by atomic mass is 16.5. The number of ether oxygens (including phenoxy) is 3. The Hall–Kier alpha value is -1.75. The molecule has 5 heteroatoms. The molecule has 110 valence electrons. The summed E-state index contributed by atoms with van der Waals surface area (Å²) in [4.78, 5) is 12.0. The smallest absolute Gasteiger partial charge is 0.338 e. The van der Waals surface area contributed by atoms with Crippen molar-refractivity contribution in [3.05, 3.63) is 23.8 Å². The van der Waals surface area contributed by atoms with Crippen molar-refractivity contribution in [2.75, 3.05) is 25.6 Å². The zero-order valence-corrected chi connectivity index (χ0v) is 11.8. The number of benzene rings is 1. The summed E-state index contributed by atoms with van der Waals surface area (Å²) >= 11 is 0. The van der Waals surface area contributed by atoms with Gasteiger partial charge in [-0.2, -0.15) is 0 Å². The van der Waals surface area contributed by atoms with Gasteiger partial charge < -0.3 is 19.9 Å². The molecule has 1 unspecified atom stereocenters. The summed E-state index contributed by atoms with van der Waals surface area (Å²) in [6.07, 6.45) is 3.10. The molecule has 5 nitrogen and oxygen atoms in total. The van der Waals surface area contributed by atoms with Crippen molar-refractivity contribution < 1.29 is 19.0 Å². The van der Waals surface area contributed by atoms with Crippen LogP contribution in [0.1, 0.15) is 36.5 Å². The van der Waals surface area contributed by atoms with Gasteiger partial charge in [0.2, 0.25) is 0 Å². The number of anilines is 1. The van der Waals surface area contributed by atoms with Crippen molar-refractivity contribution in [2.45, 2.75) is 32.3 Å². The molecular weight excluding hydrogens is 258 g/mol. The molecule has 0 bridgehead atoms. The molecule has 2 rings (SSSR count). The molecule has 1 atom stereocenters. The van der Waals surface area contributed by atoms with Crippen LogP contribution in [0.2, 0.25) is 0 Å². The van der Waals surface area contributed by atoms with E-state index in [9.17, 15) is 4.79 Å². The standard InChI is InChI=1S/C15H21NO4/c1-2-18-14-9-11(8-12(16)10-14)15(17)20-7-5-13-4-3-6-19-13/h8-10,13H,2-7,16H2,1H3. The highest BCUT2D eigenvalue weighted by Crippen LogP contribution is 2.20. The molecule has 1 saturated heterocycles. The van der Waals surface area contributed by atoms with Gasteiger partial charge in [-0.05, 0) is 31.9 Å². The minimum Gasteiger partial charge on any atom is -0.494 e. The van der Waals surface area contributed by atoms with E-state index < -0.39 is 0 Å². The summed E-state index contributed by atoms with van der Waals surface area (Å²) in [5.41, 5.74) is 6.65. The molecular formula is C15H21NO4. The Labute approximate surface area is 119 Å². The molecule has 0 aliphatic carbocycles. The largest absolute Gasteiger partial charge is 0.494 e. The molecule has 0 radical (unpaired) electrons. The fraction of sp³-hybridized carbons (Fsp3) is 0.533. The molecule has 1 aromatic carbocycles. The van der Waals surface area contributed by atoms with Gasteiger partial charge in [0.05, 0.1) is 24.9 Å². The quantitative estimate of drug-likeness (QED) is 0.639. The summed E-state index contributed by atoms with van der Waals surface area (Å²) in [6, 6.07) is 4.93. The molecule has 1 aliphatic heterocycles. The lowest BCUT2D eigenvalue weighted by Gasteiger charge is -2.11. The molecule has 20 heavy (non-hydrogen) atoms. The number of esters is 1. The van der Waals surface area contributed by atoms with Crippen molar-refractivity contribution in [3.63, 3.8) is 0 Å². The lowest BCUT2D eigenvalue weighted by atomic mass is 10.2. The second kappa shape index (κ2) is 7.14. The third-order valence-electron chi connectivity index (χ3n) is 3.17. The van der Waals surface area contributed by atoms with Crippen molar-refractivity contribution in [3.8, 4) is 5.75 Å². The Balaban J connectivity index is 1.87. The first-order chi connectivity index (χ1) is 9.69. The number of nitrogens with two attached hydrogens (primary N) is 1. The average Bonchev–Trinajstić information content (AvgIpc) is 2.91. The van der Waals surface area contributed by atoms with Crippen molar-refractivity contribution in [2.24, 2.45) is 0 Å². The van der Waals surface area contributed by atoms with Crippen LogP contribution < -0.4 is 10.5 Å².